The summed E-state index contributed by atoms with van der Waals surface area (Å²) in [5, 5.41) is 3.61. The molecular formula is C15H22ClN. The second-order valence-electron chi connectivity index (χ2n) is 5.01. The van der Waals surface area contributed by atoms with Crippen molar-refractivity contribution in [1.29, 1.82) is 0 Å². The highest BCUT2D eigenvalue weighted by Crippen LogP contribution is 2.33. The van der Waals surface area contributed by atoms with Gasteiger partial charge in [-0.05, 0) is 36.4 Å². The van der Waals surface area contributed by atoms with Gasteiger partial charge in [0.05, 0.1) is 0 Å². The molecule has 0 spiro atoms. The molecule has 1 aromatic rings. The minimum absolute atomic E-state index is 0.736. The maximum Gasteiger partial charge on any atom is 0.0226 e. The van der Waals surface area contributed by atoms with E-state index in [1.807, 2.05) is 0 Å². The van der Waals surface area contributed by atoms with E-state index in [0.29, 0.717) is 0 Å². The zero-order chi connectivity index (χ0) is 12.1. The average Bonchev–Trinajstić information content (AvgIpc) is 2.33. The van der Waals surface area contributed by atoms with Crippen LogP contribution in [0.4, 0.5) is 0 Å². The van der Waals surface area contributed by atoms with Gasteiger partial charge in [-0.3, -0.25) is 0 Å². The number of alkyl halides is 1. The lowest BCUT2D eigenvalue weighted by molar-refractivity contribution is 0.430. The van der Waals surface area contributed by atoms with Gasteiger partial charge < -0.3 is 5.32 Å². The highest BCUT2D eigenvalue weighted by atomic mass is 35.5. The first-order valence-electron chi connectivity index (χ1n) is 6.69. The fourth-order valence-corrected chi connectivity index (χ4v) is 2.92. The predicted octanol–water partition coefficient (Wildman–Crippen LogP) is 3.57. The van der Waals surface area contributed by atoms with Gasteiger partial charge in [0, 0.05) is 18.3 Å². The molecule has 0 fully saturated rings. The summed E-state index contributed by atoms with van der Waals surface area (Å²) in [6.45, 7) is 4.48. The molecule has 0 heterocycles. The number of hydrogen-bond donors (Lipinski definition) is 1. The van der Waals surface area contributed by atoms with Gasteiger partial charge in [-0.2, -0.15) is 0 Å². The number of halogens is 1. The Labute approximate surface area is 110 Å². The van der Waals surface area contributed by atoms with E-state index in [2.05, 4.69) is 36.5 Å². The lowest BCUT2D eigenvalue weighted by atomic mass is 9.77. The predicted molar refractivity (Wildman–Crippen MR) is 74.9 cm³/mol. The first-order chi connectivity index (χ1) is 8.35. The Morgan fingerprint density at radius 1 is 1.41 bits per heavy atom. The molecule has 0 bridgehead atoms. The zero-order valence-electron chi connectivity index (χ0n) is 10.6. The maximum atomic E-state index is 5.79. The van der Waals surface area contributed by atoms with Crippen LogP contribution in [0, 0.1) is 5.92 Å². The van der Waals surface area contributed by atoms with Crippen LogP contribution < -0.4 is 5.32 Å². The molecule has 0 amide bonds. The van der Waals surface area contributed by atoms with Crippen LogP contribution >= 0.6 is 11.6 Å². The van der Waals surface area contributed by atoms with E-state index < -0.39 is 0 Å². The largest absolute Gasteiger partial charge is 0.316 e. The minimum Gasteiger partial charge on any atom is -0.316 e. The van der Waals surface area contributed by atoms with Gasteiger partial charge in [-0.15, -0.1) is 11.6 Å². The van der Waals surface area contributed by atoms with Gasteiger partial charge in [0.1, 0.15) is 0 Å². The van der Waals surface area contributed by atoms with Crippen molar-refractivity contribution in [3.63, 3.8) is 0 Å². The smallest absolute Gasteiger partial charge is 0.0226 e. The molecule has 17 heavy (non-hydrogen) atoms. The monoisotopic (exact) mass is 251 g/mol. The molecule has 94 valence electrons. The summed E-state index contributed by atoms with van der Waals surface area (Å²) in [6.07, 6.45) is 3.60. The molecule has 1 N–H and O–H groups in total. The quantitative estimate of drug-likeness (QED) is 0.731. The Morgan fingerprint density at radius 3 is 2.94 bits per heavy atom. The summed E-state index contributed by atoms with van der Waals surface area (Å²) in [5.41, 5.74) is 3.08. The van der Waals surface area contributed by atoms with E-state index in [9.17, 15) is 0 Å². The van der Waals surface area contributed by atoms with Crippen molar-refractivity contribution in [1.82, 2.24) is 5.32 Å². The highest BCUT2D eigenvalue weighted by Gasteiger charge is 2.24. The lowest BCUT2D eigenvalue weighted by Crippen LogP contribution is -2.32. The van der Waals surface area contributed by atoms with Crippen molar-refractivity contribution in [2.45, 2.75) is 32.1 Å². The topological polar surface area (TPSA) is 12.0 Å². The molecule has 2 atom stereocenters. The van der Waals surface area contributed by atoms with Crippen LogP contribution in [0.3, 0.4) is 0 Å². The van der Waals surface area contributed by atoms with E-state index in [4.69, 9.17) is 11.6 Å². The molecule has 2 rings (SSSR count). The summed E-state index contributed by atoms with van der Waals surface area (Å²) in [5.74, 6) is 2.26. The first kappa shape index (κ1) is 12.9. The van der Waals surface area contributed by atoms with E-state index in [1.165, 1.54) is 18.4 Å². The molecule has 0 saturated carbocycles. The minimum atomic E-state index is 0.736. The Morgan fingerprint density at radius 2 is 2.24 bits per heavy atom. The molecule has 2 heteroatoms. The molecule has 0 aromatic heterocycles. The lowest BCUT2D eigenvalue weighted by Gasteiger charge is -2.30. The van der Waals surface area contributed by atoms with Gasteiger partial charge in [0.15, 0.2) is 0 Å². The molecule has 1 aliphatic carbocycles. The van der Waals surface area contributed by atoms with Crippen LogP contribution in [0.1, 0.15) is 36.8 Å². The van der Waals surface area contributed by atoms with Crippen molar-refractivity contribution in [3.05, 3.63) is 35.4 Å². The van der Waals surface area contributed by atoms with E-state index in [1.54, 1.807) is 5.56 Å². The van der Waals surface area contributed by atoms with Crippen molar-refractivity contribution in [3.8, 4) is 0 Å². The second-order valence-corrected chi connectivity index (χ2v) is 5.39. The third kappa shape index (κ3) is 3.23. The average molecular weight is 252 g/mol. The Hall–Kier alpha value is -0.530. The zero-order valence-corrected chi connectivity index (χ0v) is 11.3. The Balaban J connectivity index is 1.71. The summed E-state index contributed by atoms with van der Waals surface area (Å²) in [6, 6.07) is 8.79. The van der Waals surface area contributed by atoms with Crippen molar-refractivity contribution >= 4 is 11.6 Å². The van der Waals surface area contributed by atoms with E-state index >= 15 is 0 Å². The van der Waals surface area contributed by atoms with Gasteiger partial charge in [-0.1, -0.05) is 37.6 Å². The standard InChI is InChI=1S/C15H22ClN/c1-2-12(7-8-16)10-17-11-14-9-13-5-3-4-6-15(13)14/h3-6,12,14,17H,2,7-11H2,1H3. The third-order valence-corrected chi connectivity index (χ3v) is 4.10. The third-order valence-electron chi connectivity index (χ3n) is 3.88. The van der Waals surface area contributed by atoms with Crippen LogP contribution in [-0.2, 0) is 6.42 Å². The maximum absolute atomic E-state index is 5.79. The fourth-order valence-electron chi connectivity index (χ4n) is 2.61. The SMILES string of the molecule is CCC(CCCl)CNCC1Cc2ccccc21. The molecule has 2 unspecified atom stereocenters. The molecule has 0 radical (unpaired) electrons. The molecule has 1 aliphatic rings. The number of fused-ring (bicyclic) bond motifs is 1. The molecule has 1 aromatic carbocycles. The van der Waals surface area contributed by atoms with Crippen molar-refractivity contribution in [2.24, 2.45) is 5.92 Å². The second kappa shape index (κ2) is 6.42. The summed E-state index contributed by atoms with van der Waals surface area (Å²) < 4.78 is 0. The van der Waals surface area contributed by atoms with Crippen molar-refractivity contribution in [2.75, 3.05) is 19.0 Å². The normalized spacial score (nSPS) is 19.5. The number of nitrogens with one attached hydrogen (secondary N) is 1. The highest BCUT2D eigenvalue weighted by molar-refractivity contribution is 6.17. The number of rotatable bonds is 7. The van der Waals surface area contributed by atoms with Crippen LogP contribution in [0.15, 0.2) is 24.3 Å². The summed E-state index contributed by atoms with van der Waals surface area (Å²) in [7, 11) is 0. The molecule has 0 aliphatic heterocycles. The summed E-state index contributed by atoms with van der Waals surface area (Å²) in [4.78, 5) is 0. The first-order valence-corrected chi connectivity index (χ1v) is 7.23. The van der Waals surface area contributed by atoms with Gasteiger partial charge in [0.2, 0.25) is 0 Å². The van der Waals surface area contributed by atoms with Gasteiger partial charge >= 0.3 is 0 Å². The van der Waals surface area contributed by atoms with Gasteiger partial charge in [-0.25, -0.2) is 0 Å². The van der Waals surface area contributed by atoms with Crippen LogP contribution in [0.2, 0.25) is 0 Å². The molecular weight excluding hydrogens is 230 g/mol. The van der Waals surface area contributed by atoms with E-state index in [-0.39, 0.29) is 0 Å². The Bertz CT molecular complexity index is 351. The molecule has 1 nitrogen and oxygen atoms in total. The summed E-state index contributed by atoms with van der Waals surface area (Å²) >= 11 is 5.79. The fraction of sp³-hybridized carbons (Fsp3) is 0.600. The number of benzene rings is 1. The van der Waals surface area contributed by atoms with Crippen LogP contribution in [0.25, 0.3) is 0 Å². The molecule has 0 saturated heterocycles. The van der Waals surface area contributed by atoms with Gasteiger partial charge in [0.25, 0.3) is 0 Å². The Kier molecular flexibility index (Phi) is 4.87. The van der Waals surface area contributed by atoms with E-state index in [0.717, 1.165) is 37.2 Å². The van der Waals surface area contributed by atoms with Crippen LogP contribution in [-0.4, -0.2) is 19.0 Å². The van der Waals surface area contributed by atoms with Crippen LogP contribution in [0.5, 0.6) is 0 Å². The number of hydrogen-bond acceptors (Lipinski definition) is 1. The van der Waals surface area contributed by atoms with Crippen molar-refractivity contribution < 1.29 is 0 Å².